The second-order valence-corrected chi connectivity index (χ2v) is 4.62. The standard InChI is InChI=1S/C10H18N2O2/c11-10(9(13)14)5-6-12(7-10)8-3-1-2-4-8/h8H,1-7,11H2,(H,13,14). The van der Waals surface area contributed by atoms with Crippen molar-refractivity contribution in [2.45, 2.75) is 43.7 Å². The van der Waals surface area contributed by atoms with Gasteiger partial charge in [0.2, 0.25) is 0 Å². The van der Waals surface area contributed by atoms with Crippen LogP contribution < -0.4 is 5.73 Å². The van der Waals surface area contributed by atoms with E-state index in [1.165, 1.54) is 25.7 Å². The van der Waals surface area contributed by atoms with Crippen LogP contribution in [0.15, 0.2) is 0 Å². The summed E-state index contributed by atoms with van der Waals surface area (Å²) in [5.41, 5.74) is 4.84. The van der Waals surface area contributed by atoms with E-state index >= 15 is 0 Å². The van der Waals surface area contributed by atoms with Crippen LogP contribution in [0.25, 0.3) is 0 Å². The number of carbonyl (C=O) groups is 1. The van der Waals surface area contributed by atoms with Crippen LogP contribution >= 0.6 is 0 Å². The van der Waals surface area contributed by atoms with Crippen molar-refractivity contribution in [1.82, 2.24) is 4.90 Å². The maximum absolute atomic E-state index is 10.9. The molecule has 80 valence electrons. The molecular weight excluding hydrogens is 180 g/mol. The first-order valence-electron chi connectivity index (χ1n) is 5.38. The normalized spacial score (nSPS) is 35.2. The summed E-state index contributed by atoms with van der Waals surface area (Å²) in [4.78, 5) is 13.2. The average Bonchev–Trinajstić information content (AvgIpc) is 2.72. The van der Waals surface area contributed by atoms with Crippen LogP contribution in [0.5, 0.6) is 0 Å². The lowest BCUT2D eigenvalue weighted by atomic mass is 10.0. The van der Waals surface area contributed by atoms with Gasteiger partial charge in [0.05, 0.1) is 0 Å². The molecule has 0 aromatic rings. The molecule has 1 saturated heterocycles. The molecule has 1 heterocycles. The number of nitrogens with two attached hydrogens (primary N) is 1. The van der Waals surface area contributed by atoms with E-state index < -0.39 is 11.5 Å². The minimum absolute atomic E-state index is 0.535. The molecule has 4 heteroatoms. The van der Waals surface area contributed by atoms with E-state index in [0.717, 1.165) is 6.54 Å². The van der Waals surface area contributed by atoms with Gasteiger partial charge in [-0.15, -0.1) is 0 Å². The summed E-state index contributed by atoms with van der Waals surface area (Å²) in [7, 11) is 0. The number of hydrogen-bond donors (Lipinski definition) is 2. The lowest BCUT2D eigenvalue weighted by molar-refractivity contribution is -0.142. The van der Waals surface area contributed by atoms with Gasteiger partial charge in [-0.05, 0) is 19.3 Å². The SMILES string of the molecule is NC1(C(=O)O)CCN(C2CCCC2)C1. The average molecular weight is 198 g/mol. The zero-order valence-electron chi connectivity index (χ0n) is 8.41. The van der Waals surface area contributed by atoms with Crippen LogP contribution in [-0.2, 0) is 4.79 Å². The van der Waals surface area contributed by atoms with E-state index in [2.05, 4.69) is 4.90 Å². The lowest BCUT2D eigenvalue weighted by Gasteiger charge is -2.25. The molecule has 1 saturated carbocycles. The minimum atomic E-state index is -0.984. The highest BCUT2D eigenvalue weighted by Gasteiger charge is 2.43. The topological polar surface area (TPSA) is 66.6 Å². The minimum Gasteiger partial charge on any atom is -0.480 e. The van der Waals surface area contributed by atoms with Gasteiger partial charge in [0.15, 0.2) is 0 Å². The molecule has 0 spiro atoms. The third-order valence-electron chi connectivity index (χ3n) is 3.60. The molecule has 0 amide bonds. The Morgan fingerprint density at radius 3 is 2.57 bits per heavy atom. The molecule has 1 aliphatic heterocycles. The van der Waals surface area contributed by atoms with Crippen molar-refractivity contribution in [1.29, 1.82) is 0 Å². The Balaban J connectivity index is 1.96. The highest BCUT2D eigenvalue weighted by Crippen LogP contribution is 2.29. The Labute approximate surface area is 84.1 Å². The smallest absolute Gasteiger partial charge is 0.325 e. The van der Waals surface area contributed by atoms with Gasteiger partial charge in [-0.3, -0.25) is 9.69 Å². The highest BCUT2D eigenvalue weighted by molar-refractivity contribution is 5.79. The first-order valence-corrected chi connectivity index (χ1v) is 5.38. The Bertz CT molecular complexity index is 238. The summed E-state index contributed by atoms with van der Waals surface area (Å²) >= 11 is 0. The van der Waals surface area contributed by atoms with Crippen LogP contribution in [-0.4, -0.2) is 40.6 Å². The Hall–Kier alpha value is -0.610. The van der Waals surface area contributed by atoms with Crippen molar-refractivity contribution in [2.75, 3.05) is 13.1 Å². The molecule has 2 aliphatic rings. The van der Waals surface area contributed by atoms with Crippen molar-refractivity contribution in [3.63, 3.8) is 0 Å². The number of rotatable bonds is 2. The molecule has 4 nitrogen and oxygen atoms in total. The summed E-state index contributed by atoms with van der Waals surface area (Å²) in [5.74, 6) is -0.849. The van der Waals surface area contributed by atoms with E-state index in [4.69, 9.17) is 10.8 Å². The van der Waals surface area contributed by atoms with E-state index in [1.807, 2.05) is 0 Å². The number of carboxylic acid groups (broad SMARTS) is 1. The highest BCUT2D eigenvalue weighted by atomic mass is 16.4. The van der Waals surface area contributed by atoms with Crippen molar-refractivity contribution < 1.29 is 9.90 Å². The molecule has 0 radical (unpaired) electrons. The van der Waals surface area contributed by atoms with Crippen molar-refractivity contribution >= 4 is 5.97 Å². The second kappa shape index (κ2) is 3.51. The van der Waals surface area contributed by atoms with Crippen molar-refractivity contribution in [3.8, 4) is 0 Å². The lowest BCUT2D eigenvalue weighted by Crippen LogP contribution is -2.50. The maximum Gasteiger partial charge on any atom is 0.325 e. The zero-order chi connectivity index (χ0) is 10.2. The third-order valence-corrected chi connectivity index (χ3v) is 3.60. The summed E-state index contributed by atoms with van der Waals surface area (Å²) in [6.07, 6.45) is 5.60. The monoisotopic (exact) mass is 198 g/mol. The number of likely N-dealkylation sites (tertiary alicyclic amines) is 1. The van der Waals surface area contributed by atoms with Crippen LogP contribution in [0.4, 0.5) is 0 Å². The fourth-order valence-corrected chi connectivity index (χ4v) is 2.62. The molecule has 2 fully saturated rings. The predicted octanol–water partition coefficient (Wildman–Crippen LogP) is 0.417. The van der Waals surface area contributed by atoms with Gasteiger partial charge in [-0.25, -0.2) is 0 Å². The largest absolute Gasteiger partial charge is 0.480 e. The van der Waals surface area contributed by atoms with Gasteiger partial charge in [0.1, 0.15) is 5.54 Å². The van der Waals surface area contributed by atoms with Crippen LogP contribution in [0.3, 0.4) is 0 Å². The van der Waals surface area contributed by atoms with E-state index in [0.29, 0.717) is 19.0 Å². The molecular formula is C10H18N2O2. The zero-order valence-corrected chi connectivity index (χ0v) is 8.41. The molecule has 0 aromatic carbocycles. The number of aliphatic carboxylic acids is 1. The van der Waals surface area contributed by atoms with Crippen LogP contribution in [0, 0.1) is 0 Å². The molecule has 3 N–H and O–H groups in total. The summed E-state index contributed by atoms with van der Waals surface area (Å²) in [6.45, 7) is 1.39. The quantitative estimate of drug-likeness (QED) is 0.674. The number of carboxylic acids is 1. The number of hydrogen-bond acceptors (Lipinski definition) is 3. The van der Waals surface area contributed by atoms with Gasteiger partial charge in [0.25, 0.3) is 0 Å². The van der Waals surface area contributed by atoms with Crippen LogP contribution in [0.2, 0.25) is 0 Å². The summed E-state index contributed by atoms with van der Waals surface area (Å²) < 4.78 is 0. The molecule has 0 bridgehead atoms. The van der Waals surface area contributed by atoms with Gasteiger partial charge in [-0.1, -0.05) is 12.8 Å². The maximum atomic E-state index is 10.9. The molecule has 1 atom stereocenters. The first kappa shape index (κ1) is 9.93. The van der Waals surface area contributed by atoms with E-state index in [-0.39, 0.29) is 0 Å². The second-order valence-electron chi connectivity index (χ2n) is 4.62. The molecule has 2 rings (SSSR count). The van der Waals surface area contributed by atoms with E-state index in [9.17, 15) is 4.79 Å². The van der Waals surface area contributed by atoms with Gasteiger partial charge in [0, 0.05) is 19.1 Å². The molecule has 0 aromatic heterocycles. The fraction of sp³-hybridized carbons (Fsp3) is 0.900. The van der Waals surface area contributed by atoms with Gasteiger partial charge >= 0.3 is 5.97 Å². The predicted molar refractivity (Wildman–Crippen MR) is 53.0 cm³/mol. The summed E-state index contributed by atoms with van der Waals surface area (Å²) in [5, 5.41) is 8.98. The molecule has 1 aliphatic carbocycles. The third kappa shape index (κ3) is 1.64. The molecule has 14 heavy (non-hydrogen) atoms. The van der Waals surface area contributed by atoms with Gasteiger partial charge in [-0.2, -0.15) is 0 Å². The van der Waals surface area contributed by atoms with E-state index in [1.54, 1.807) is 0 Å². The van der Waals surface area contributed by atoms with Crippen LogP contribution in [0.1, 0.15) is 32.1 Å². The van der Waals surface area contributed by atoms with Gasteiger partial charge < -0.3 is 10.8 Å². The Morgan fingerprint density at radius 2 is 2.07 bits per heavy atom. The van der Waals surface area contributed by atoms with Crippen molar-refractivity contribution in [2.24, 2.45) is 5.73 Å². The summed E-state index contributed by atoms with van der Waals surface area (Å²) in [6, 6.07) is 0.597. The first-order chi connectivity index (χ1) is 6.62. The van der Waals surface area contributed by atoms with Crippen molar-refractivity contribution in [3.05, 3.63) is 0 Å². The Morgan fingerprint density at radius 1 is 1.43 bits per heavy atom. The number of nitrogens with zero attached hydrogens (tertiary/aromatic N) is 1. The fourth-order valence-electron chi connectivity index (χ4n) is 2.62. The molecule has 1 unspecified atom stereocenters. The Kier molecular flexibility index (Phi) is 2.49.